The van der Waals surface area contributed by atoms with Crippen LogP contribution in [0.3, 0.4) is 0 Å². The first-order chi connectivity index (χ1) is 11.5. The summed E-state index contributed by atoms with van der Waals surface area (Å²) in [6.07, 6.45) is -4.08. The number of benzene rings is 1. The Morgan fingerprint density at radius 1 is 1.32 bits per heavy atom. The minimum Gasteiger partial charge on any atom is -0.403 e. The van der Waals surface area contributed by atoms with Crippen LogP contribution < -0.4 is 4.74 Å². The van der Waals surface area contributed by atoms with Crippen molar-refractivity contribution in [2.24, 2.45) is 0 Å². The van der Waals surface area contributed by atoms with E-state index in [0.717, 1.165) is 23.5 Å². The Balaban J connectivity index is 2.18. The molecule has 0 atom stereocenters. The van der Waals surface area contributed by atoms with Crippen molar-refractivity contribution < 1.29 is 35.5 Å². The number of nitrogens with zero attached hydrogens (tertiary/aromatic N) is 2. The van der Waals surface area contributed by atoms with Crippen LogP contribution >= 0.6 is 0 Å². The summed E-state index contributed by atoms with van der Waals surface area (Å²) in [5, 5.41) is 0. The van der Waals surface area contributed by atoms with Crippen LogP contribution in [0.5, 0.6) is 5.75 Å². The van der Waals surface area contributed by atoms with Crippen LogP contribution in [0.2, 0.25) is 0 Å². The van der Waals surface area contributed by atoms with Crippen LogP contribution in [-0.2, 0) is 14.8 Å². The highest BCUT2D eigenvalue weighted by atomic mass is 32.2. The van der Waals surface area contributed by atoms with Gasteiger partial charge in [0.05, 0.1) is 0 Å². The number of likely N-dealkylation sites (N-methyl/N-ethyl adjacent to an activating group) is 1. The quantitative estimate of drug-likeness (QED) is 0.704. The lowest BCUT2D eigenvalue weighted by atomic mass is 10.3. The van der Waals surface area contributed by atoms with Gasteiger partial charge in [0, 0.05) is 33.1 Å². The van der Waals surface area contributed by atoms with E-state index in [-0.39, 0.29) is 19.0 Å². The molecule has 0 bridgehead atoms. The second-order valence-electron chi connectivity index (χ2n) is 5.43. The van der Waals surface area contributed by atoms with Gasteiger partial charge >= 0.3 is 6.36 Å². The molecule has 1 aliphatic rings. The van der Waals surface area contributed by atoms with Gasteiger partial charge in [-0.15, -0.1) is 13.2 Å². The van der Waals surface area contributed by atoms with Gasteiger partial charge in [-0.2, -0.15) is 4.31 Å². The average Bonchev–Trinajstić information content (AvgIpc) is 2.90. The number of rotatable bonds is 6. The SMILES string of the molecule is CN(CCN1CCCC1=O)S(=O)(=O)c1cccc(OC(F)(F)F)c1F. The van der Waals surface area contributed by atoms with Gasteiger partial charge in [-0.05, 0) is 18.6 Å². The predicted octanol–water partition coefficient (Wildman–Crippen LogP) is 1.97. The summed E-state index contributed by atoms with van der Waals surface area (Å²) in [4.78, 5) is 12.1. The monoisotopic (exact) mass is 384 g/mol. The van der Waals surface area contributed by atoms with E-state index in [0.29, 0.717) is 25.5 Å². The molecule has 1 aromatic rings. The molecule has 1 aliphatic heterocycles. The molecular formula is C14H16F4N2O4S. The third-order valence-corrected chi connectivity index (χ3v) is 5.57. The summed E-state index contributed by atoms with van der Waals surface area (Å²) in [6.45, 7) is 0.517. The topological polar surface area (TPSA) is 66.9 Å². The van der Waals surface area contributed by atoms with Crippen molar-refractivity contribution in [1.82, 2.24) is 9.21 Å². The van der Waals surface area contributed by atoms with Gasteiger partial charge in [0.2, 0.25) is 15.9 Å². The van der Waals surface area contributed by atoms with Gasteiger partial charge < -0.3 is 9.64 Å². The Kier molecular flexibility index (Phi) is 5.57. The molecule has 1 fully saturated rings. The highest BCUT2D eigenvalue weighted by Gasteiger charge is 2.34. The van der Waals surface area contributed by atoms with Gasteiger partial charge in [-0.1, -0.05) is 6.07 Å². The van der Waals surface area contributed by atoms with E-state index >= 15 is 0 Å². The average molecular weight is 384 g/mol. The van der Waals surface area contributed by atoms with E-state index in [4.69, 9.17) is 0 Å². The van der Waals surface area contributed by atoms with Crippen molar-refractivity contribution in [2.75, 3.05) is 26.7 Å². The molecule has 0 unspecified atom stereocenters. The number of amides is 1. The molecule has 0 N–H and O–H groups in total. The van der Waals surface area contributed by atoms with E-state index < -0.39 is 32.8 Å². The number of carbonyl (C=O) groups excluding carboxylic acids is 1. The molecule has 0 spiro atoms. The minimum absolute atomic E-state index is 0.0995. The second-order valence-corrected chi connectivity index (χ2v) is 7.44. The molecule has 0 saturated carbocycles. The minimum atomic E-state index is -5.15. The predicted molar refractivity (Wildman–Crippen MR) is 78.7 cm³/mol. The first-order valence-electron chi connectivity index (χ1n) is 7.31. The Labute approximate surface area is 142 Å². The lowest BCUT2D eigenvalue weighted by Gasteiger charge is -2.22. The smallest absolute Gasteiger partial charge is 0.403 e. The number of carbonyl (C=O) groups is 1. The second kappa shape index (κ2) is 7.16. The van der Waals surface area contributed by atoms with E-state index in [1.165, 1.54) is 4.90 Å². The number of halogens is 4. The molecule has 11 heteroatoms. The first kappa shape index (κ1) is 19.4. The molecule has 1 aromatic carbocycles. The lowest BCUT2D eigenvalue weighted by Crippen LogP contribution is -2.37. The van der Waals surface area contributed by atoms with E-state index in [2.05, 4.69) is 4.74 Å². The fourth-order valence-electron chi connectivity index (χ4n) is 2.38. The largest absolute Gasteiger partial charge is 0.573 e. The van der Waals surface area contributed by atoms with Crippen molar-refractivity contribution in [3.8, 4) is 5.75 Å². The summed E-state index contributed by atoms with van der Waals surface area (Å²) < 4.78 is 80.0. The summed E-state index contributed by atoms with van der Waals surface area (Å²) in [5.41, 5.74) is 0. The fraction of sp³-hybridized carbons (Fsp3) is 0.500. The fourth-order valence-corrected chi connectivity index (χ4v) is 3.62. The standard InChI is InChI=1S/C14H16F4N2O4S/c1-19(8-9-20-7-3-6-12(20)21)25(22,23)11-5-2-4-10(13(11)15)24-14(16,17)18/h2,4-5H,3,6-9H2,1H3. The molecule has 2 rings (SSSR count). The molecule has 25 heavy (non-hydrogen) atoms. The van der Waals surface area contributed by atoms with E-state index in [1.807, 2.05) is 0 Å². The van der Waals surface area contributed by atoms with Crippen molar-refractivity contribution in [2.45, 2.75) is 24.1 Å². The van der Waals surface area contributed by atoms with E-state index in [9.17, 15) is 30.8 Å². The molecule has 1 amide bonds. The third-order valence-electron chi connectivity index (χ3n) is 3.70. The molecule has 6 nitrogen and oxygen atoms in total. The highest BCUT2D eigenvalue weighted by molar-refractivity contribution is 7.89. The van der Waals surface area contributed by atoms with Gasteiger partial charge in [0.1, 0.15) is 4.90 Å². The highest BCUT2D eigenvalue weighted by Crippen LogP contribution is 2.30. The summed E-state index contributed by atoms with van der Waals surface area (Å²) in [6, 6.07) is 2.49. The number of alkyl halides is 3. The lowest BCUT2D eigenvalue weighted by molar-refractivity contribution is -0.275. The van der Waals surface area contributed by atoms with Gasteiger partial charge in [-0.3, -0.25) is 4.79 Å². The van der Waals surface area contributed by atoms with Crippen LogP contribution in [0.1, 0.15) is 12.8 Å². The maximum Gasteiger partial charge on any atom is 0.573 e. The zero-order chi connectivity index (χ0) is 18.8. The normalized spacial score (nSPS) is 15.9. The Morgan fingerprint density at radius 3 is 2.56 bits per heavy atom. The Morgan fingerprint density at radius 2 is 2.00 bits per heavy atom. The van der Waals surface area contributed by atoms with Gasteiger partial charge in [0.15, 0.2) is 11.6 Å². The Bertz CT molecular complexity index is 752. The number of hydrogen-bond acceptors (Lipinski definition) is 4. The number of ether oxygens (including phenoxy) is 1. The van der Waals surface area contributed by atoms with Crippen LogP contribution in [0, 0.1) is 5.82 Å². The van der Waals surface area contributed by atoms with Crippen molar-refractivity contribution in [1.29, 1.82) is 0 Å². The first-order valence-corrected chi connectivity index (χ1v) is 8.75. The molecule has 0 aliphatic carbocycles. The molecule has 1 saturated heterocycles. The number of sulfonamides is 1. The van der Waals surface area contributed by atoms with Crippen LogP contribution in [0.25, 0.3) is 0 Å². The summed E-state index contributed by atoms with van der Waals surface area (Å²) >= 11 is 0. The zero-order valence-corrected chi connectivity index (χ0v) is 14.0. The summed E-state index contributed by atoms with van der Waals surface area (Å²) in [7, 11) is -3.22. The van der Waals surface area contributed by atoms with Gasteiger partial charge in [0.25, 0.3) is 0 Å². The van der Waals surface area contributed by atoms with Crippen molar-refractivity contribution in [3.05, 3.63) is 24.0 Å². The Hall–Kier alpha value is -1.88. The van der Waals surface area contributed by atoms with Crippen LogP contribution in [-0.4, -0.2) is 56.6 Å². The van der Waals surface area contributed by atoms with Crippen LogP contribution in [0.4, 0.5) is 17.6 Å². The maximum atomic E-state index is 14.2. The molecule has 0 radical (unpaired) electrons. The molecule has 140 valence electrons. The van der Waals surface area contributed by atoms with Crippen molar-refractivity contribution >= 4 is 15.9 Å². The summed E-state index contributed by atoms with van der Waals surface area (Å²) in [5.74, 6) is -2.95. The number of hydrogen-bond donors (Lipinski definition) is 0. The third kappa shape index (κ3) is 4.60. The van der Waals surface area contributed by atoms with E-state index in [1.54, 1.807) is 0 Å². The molecule has 1 heterocycles. The van der Waals surface area contributed by atoms with Gasteiger partial charge in [-0.25, -0.2) is 12.8 Å². The van der Waals surface area contributed by atoms with Crippen molar-refractivity contribution in [3.63, 3.8) is 0 Å². The zero-order valence-electron chi connectivity index (χ0n) is 13.2. The molecule has 0 aromatic heterocycles. The molecular weight excluding hydrogens is 368 g/mol. The van der Waals surface area contributed by atoms with Crippen LogP contribution in [0.15, 0.2) is 23.1 Å². The maximum absolute atomic E-state index is 14.2. The number of likely N-dealkylation sites (tertiary alicyclic amines) is 1.